The van der Waals surface area contributed by atoms with Crippen molar-refractivity contribution >= 4 is 23.2 Å². The summed E-state index contributed by atoms with van der Waals surface area (Å²) in [6.45, 7) is 4.32. The Morgan fingerprint density at radius 2 is 1.75 bits per heavy atom. The van der Waals surface area contributed by atoms with Crippen LogP contribution in [0.15, 0.2) is 85.5 Å². The summed E-state index contributed by atoms with van der Waals surface area (Å²) in [4.78, 5) is 31.0. The monoisotopic (exact) mass is 426 g/mol. The fourth-order valence-corrected chi connectivity index (χ4v) is 4.45. The Morgan fingerprint density at radius 3 is 2.47 bits per heavy atom. The van der Waals surface area contributed by atoms with Gasteiger partial charge in [-0.25, -0.2) is 0 Å². The van der Waals surface area contributed by atoms with Crippen molar-refractivity contribution in [1.82, 2.24) is 0 Å². The van der Waals surface area contributed by atoms with Gasteiger partial charge in [-0.1, -0.05) is 42.5 Å². The van der Waals surface area contributed by atoms with E-state index in [2.05, 4.69) is 6.58 Å². The first kappa shape index (κ1) is 20.0. The number of anilines is 2. The average molecular weight is 426 g/mol. The van der Waals surface area contributed by atoms with Gasteiger partial charge in [0.1, 0.15) is 5.75 Å². The van der Waals surface area contributed by atoms with Crippen molar-refractivity contribution in [3.8, 4) is 5.75 Å². The fraction of sp³-hybridized carbons (Fsp3) is 0.154. The van der Waals surface area contributed by atoms with Crippen LogP contribution in [0.1, 0.15) is 21.5 Å². The topological polar surface area (TPSA) is 59.1 Å². The van der Waals surface area contributed by atoms with E-state index in [0.717, 1.165) is 5.56 Å². The maximum atomic E-state index is 14.0. The number of benzene rings is 3. The number of rotatable bonds is 4. The Kier molecular flexibility index (Phi) is 4.79. The maximum absolute atomic E-state index is 14.0. The standard InChI is InChI=1S/C26H22N2O4/c1-3-16-27-23-11-7-5-9-21(23)26(25(27)30)28(22-10-6-4-8-19(22)17-32-26)24(29)18-12-14-20(31-2)15-13-18/h3-15H,1,16-17H2,2H3/t26-/m1/s1. The van der Waals surface area contributed by atoms with Crippen LogP contribution >= 0.6 is 0 Å². The van der Waals surface area contributed by atoms with Gasteiger partial charge in [0.05, 0.1) is 25.1 Å². The molecule has 2 amide bonds. The first-order valence-electron chi connectivity index (χ1n) is 10.3. The third kappa shape index (κ3) is 2.77. The third-order valence-electron chi connectivity index (χ3n) is 5.93. The number of hydrogen-bond acceptors (Lipinski definition) is 4. The minimum absolute atomic E-state index is 0.213. The number of nitrogens with zero attached hydrogens (tertiary/aromatic N) is 2. The number of methoxy groups -OCH3 is 1. The molecule has 6 nitrogen and oxygen atoms in total. The van der Waals surface area contributed by atoms with Gasteiger partial charge in [0.2, 0.25) is 0 Å². The SMILES string of the molecule is C=CCN1C(=O)[C@]2(OCc3ccccc3N2C(=O)c2ccc(OC)cc2)c2ccccc21. The zero-order valence-electron chi connectivity index (χ0n) is 17.7. The first-order chi connectivity index (χ1) is 15.6. The minimum Gasteiger partial charge on any atom is -0.497 e. The van der Waals surface area contributed by atoms with Crippen molar-refractivity contribution in [3.63, 3.8) is 0 Å². The van der Waals surface area contributed by atoms with Crippen molar-refractivity contribution in [2.24, 2.45) is 0 Å². The summed E-state index contributed by atoms with van der Waals surface area (Å²) in [6.07, 6.45) is 1.67. The molecule has 0 aromatic heterocycles. The van der Waals surface area contributed by atoms with Crippen LogP contribution in [0.3, 0.4) is 0 Å². The molecule has 0 saturated heterocycles. The Bertz CT molecular complexity index is 1220. The Hall–Kier alpha value is -3.90. The van der Waals surface area contributed by atoms with Gasteiger partial charge in [-0.2, -0.15) is 0 Å². The number of para-hydroxylation sites is 2. The predicted octanol–water partition coefficient (Wildman–Crippen LogP) is 4.26. The summed E-state index contributed by atoms with van der Waals surface area (Å²) in [5.74, 6) is 0.00405. The normalized spacial score (nSPS) is 19.0. The highest BCUT2D eigenvalue weighted by atomic mass is 16.5. The molecule has 2 aliphatic heterocycles. The lowest BCUT2D eigenvalue weighted by molar-refractivity contribution is -0.146. The van der Waals surface area contributed by atoms with E-state index < -0.39 is 5.72 Å². The van der Waals surface area contributed by atoms with Gasteiger partial charge in [-0.05, 0) is 36.4 Å². The van der Waals surface area contributed by atoms with Crippen LogP contribution < -0.4 is 14.5 Å². The fourth-order valence-electron chi connectivity index (χ4n) is 4.45. The molecule has 0 bridgehead atoms. The van der Waals surface area contributed by atoms with Crippen LogP contribution in [-0.4, -0.2) is 25.5 Å². The van der Waals surface area contributed by atoms with E-state index in [-0.39, 0.29) is 18.4 Å². The Balaban J connectivity index is 1.73. The van der Waals surface area contributed by atoms with Crippen LogP contribution in [0.2, 0.25) is 0 Å². The number of ether oxygens (including phenoxy) is 2. The number of carbonyl (C=O) groups is 2. The molecule has 1 spiro atoms. The molecule has 0 aliphatic carbocycles. The molecule has 6 heteroatoms. The maximum Gasteiger partial charge on any atom is 0.286 e. The molecule has 0 fully saturated rings. The predicted molar refractivity (Wildman–Crippen MR) is 122 cm³/mol. The van der Waals surface area contributed by atoms with Crippen LogP contribution in [0.25, 0.3) is 0 Å². The second-order valence-electron chi connectivity index (χ2n) is 7.65. The van der Waals surface area contributed by atoms with E-state index in [0.29, 0.717) is 34.8 Å². The lowest BCUT2D eigenvalue weighted by Crippen LogP contribution is -2.59. The molecule has 0 N–H and O–H groups in total. The largest absolute Gasteiger partial charge is 0.497 e. The quantitative estimate of drug-likeness (QED) is 0.585. The second kappa shape index (κ2) is 7.66. The molecule has 160 valence electrons. The summed E-state index contributed by atoms with van der Waals surface area (Å²) >= 11 is 0. The molecule has 32 heavy (non-hydrogen) atoms. The summed E-state index contributed by atoms with van der Waals surface area (Å²) in [5, 5.41) is 0. The molecule has 5 rings (SSSR count). The zero-order chi connectivity index (χ0) is 22.3. The van der Waals surface area contributed by atoms with Crippen molar-refractivity contribution in [1.29, 1.82) is 0 Å². The number of carbonyl (C=O) groups excluding carboxylic acids is 2. The molecule has 1 atom stereocenters. The van der Waals surface area contributed by atoms with E-state index in [1.54, 1.807) is 42.4 Å². The zero-order valence-corrected chi connectivity index (χ0v) is 17.7. The van der Waals surface area contributed by atoms with Crippen molar-refractivity contribution in [2.75, 3.05) is 23.5 Å². The van der Waals surface area contributed by atoms with E-state index in [4.69, 9.17) is 9.47 Å². The second-order valence-corrected chi connectivity index (χ2v) is 7.65. The van der Waals surface area contributed by atoms with Gasteiger partial charge in [0.25, 0.3) is 17.5 Å². The van der Waals surface area contributed by atoms with Crippen LogP contribution in [0, 0.1) is 0 Å². The lowest BCUT2D eigenvalue weighted by atomic mass is 9.96. The van der Waals surface area contributed by atoms with Gasteiger partial charge >= 0.3 is 0 Å². The summed E-state index contributed by atoms with van der Waals surface area (Å²) < 4.78 is 11.6. The van der Waals surface area contributed by atoms with Crippen LogP contribution in [0.5, 0.6) is 5.75 Å². The van der Waals surface area contributed by atoms with Crippen molar-refractivity contribution in [2.45, 2.75) is 12.3 Å². The summed E-state index contributed by atoms with van der Waals surface area (Å²) in [7, 11) is 1.57. The van der Waals surface area contributed by atoms with Gasteiger partial charge in [0, 0.05) is 23.2 Å². The minimum atomic E-state index is -1.59. The van der Waals surface area contributed by atoms with Crippen LogP contribution in [-0.2, 0) is 21.9 Å². The number of hydrogen-bond donors (Lipinski definition) is 0. The summed E-state index contributed by atoms with van der Waals surface area (Å²) in [5.41, 5.74) is 1.69. The van der Waals surface area contributed by atoms with Crippen molar-refractivity contribution in [3.05, 3.63) is 102 Å². The highest BCUT2D eigenvalue weighted by Gasteiger charge is 2.60. The Morgan fingerprint density at radius 1 is 1.06 bits per heavy atom. The first-order valence-corrected chi connectivity index (χ1v) is 10.3. The lowest BCUT2D eigenvalue weighted by Gasteiger charge is -2.44. The number of fused-ring (bicyclic) bond motifs is 3. The van der Waals surface area contributed by atoms with Gasteiger partial charge in [-0.15, -0.1) is 6.58 Å². The van der Waals surface area contributed by atoms with Crippen LogP contribution in [0.4, 0.5) is 11.4 Å². The van der Waals surface area contributed by atoms with E-state index in [1.807, 2.05) is 48.5 Å². The van der Waals surface area contributed by atoms with E-state index in [9.17, 15) is 9.59 Å². The molecule has 3 aromatic rings. The Labute approximate surface area is 186 Å². The molecule has 2 heterocycles. The third-order valence-corrected chi connectivity index (χ3v) is 5.93. The summed E-state index contributed by atoms with van der Waals surface area (Å²) in [6, 6.07) is 21.8. The number of amides is 2. The van der Waals surface area contributed by atoms with Gasteiger partial charge in [-0.3, -0.25) is 14.5 Å². The molecule has 2 aliphatic rings. The smallest absolute Gasteiger partial charge is 0.286 e. The average Bonchev–Trinajstić information content (AvgIpc) is 3.07. The molecule has 3 aromatic carbocycles. The van der Waals surface area contributed by atoms with Gasteiger partial charge < -0.3 is 14.4 Å². The molecule has 0 saturated carbocycles. The van der Waals surface area contributed by atoms with Crippen molar-refractivity contribution < 1.29 is 19.1 Å². The highest BCUT2D eigenvalue weighted by molar-refractivity contribution is 6.17. The molecule has 0 unspecified atom stereocenters. The highest BCUT2D eigenvalue weighted by Crippen LogP contribution is 2.50. The molecular weight excluding hydrogens is 404 g/mol. The van der Waals surface area contributed by atoms with E-state index >= 15 is 0 Å². The van der Waals surface area contributed by atoms with E-state index in [1.165, 1.54) is 4.90 Å². The molecular formula is C26H22N2O4. The van der Waals surface area contributed by atoms with Gasteiger partial charge in [0.15, 0.2) is 0 Å². The molecule has 0 radical (unpaired) electrons.